The molecule has 0 saturated heterocycles. The molecule has 0 saturated carbocycles. The normalized spacial score (nSPS) is 15.9. The average Bonchev–Trinajstić information content (AvgIpc) is 3.24. The fourth-order valence-electron chi connectivity index (χ4n) is 3.54. The number of ether oxygens (including phenoxy) is 1. The van der Waals surface area contributed by atoms with E-state index in [1.165, 1.54) is 0 Å². The number of carbonyl (C=O) groups excluding carboxylic acids is 1. The molecule has 0 bridgehead atoms. The third-order valence-corrected chi connectivity index (χ3v) is 4.52. The summed E-state index contributed by atoms with van der Waals surface area (Å²) in [5.41, 5.74) is 5.75. The Bertz CT molecular complexity index is 942. The molecular weight excluding hydrogens is 278 g/mol. The Morgan fingerprint density at radius 2 is 2.05 bits per heavy atom. The van der Waals surface area contributed by atoms with Crippen LogP contribution in [0, 0.1) is 0 Å². The molecule has 5 nitrogen and oxygen atoms in total. The van der Waals surface area contributed by atoms with Gasteiger partial charge in [0.15, 0.2) is 5.78 Å². The number of aryl methyl sites for hydroxylation is 1. The van der Waals surface area contributed by atoms with E-state index in [9.17, 15) is 4.79 Å². The second kappa shape index (κ2) is 4.16. The Morgan fingerprint density at radius 3 is 3.00 bits per heavy atom. The molecule has 1 aliphatic carbocycles. The molecule has 5 heteroatoms. The fourth-order valence-corrected chi connectivity index (χ4v) is 3.54. The maximum absolute atomic E-state index is 12.1. The lowest BCUT2D eigenvalue weighted by atomic mass is 9.99. The first kappa shape index (κ1) is 11.9. The summed E-state index contributed by atoms with van der Waals surface area (Å²) in [6.45, 7) is 0.624. The van der Waals surface area contributed by atoms with E-state index in [2.05, 4.69) is 10.3 Å². The van der Waals surface area contributed by atoms with Crippen molar-refractivity contribution in [1.82, 2.24) is 15.0 Å². The van der Waals surface area contributed by atoms with E-state index >= 15 is 0 Å². The van der Waals surface area contributed by atoms with Gasteiger partial charge in [0.2, 0.25) is 0 Å². The highest BCUT2D eigenvalue weighted by Gasteiger charge is 2.31. The summed E-state index contributed by atoms with van der Waals surface area (Å²) >= 11 is 0. The minimum atomic E-state index is 0.242. The first-order valence-electron chi connectivity index (χ1n) is 7.48. The molecule has 5 rings (SSSR count). The Balaban J connectivity index is 1.83. The van der Waals surface area contributed by atoms with E-state index in [0.29, 0.717) is 13.0 Å². The molecule has 3 aromatic rings. The maximum Gasteiger partial charge on any atom is 0.163 e. The standard InChI is InChI=1S/C17H13N3O2/c21-15-6-5-10-9-14(17-11(16(10)15)7-8-22-17)20-13-4-2-1-3-12(13)18-19-20/h1-4,9H,5-8H2. The van der Waals surface area contributed by atoms with E-state index in [0.717, 1.165) is 52.0 Å². The van der Waals surface area contributed by atoms with Crippen molar-refractivity contribution >= 4 is 16.8 Å². The van der Waals surface area contributed by atoms with Crippen LogP contribution in [0.3, 0.4) is 0 Å². The highest BCUT2D eigenvalue weighted by molar-refractivity contribution is 6.03. The van der Waals surface area contributed by atoms with Crippen molar-refractivity contribution in [2.24, 2.45) is 0 Å². The SMILES string of the molecule is O=C1CCc2cc(-n3nnc4ccccc43)c3c(c21)CCO3. The summed E-state index contributed by atoms with van der Waals surface area (Å²) in [4.78, 5) is 12.1. The van der Waals surface area contributed by atoms with Crippen LogP contribution in [0.4, 0.5) is 0 Å². The second-order valence-corrected chi connectivity index (χ2v) is 5.75. The molecule has 2 aliphatic rings. The number of ketones is 1. The predicted octanol–water partition coefficient (Wildman–Crippen LogP) is 2.48. The molecule has 108 valence electrons. The number of benzene rings is 2. The number of rotatable bonds is 1. The second-order valence-electron chi connectivity index (χ2n) is 5.75. The zero-order valence-electron chi connectivity index (χ0n) is 11.9. The van der Waals surface area contributed by atoms with E-state index < -0.39 is 0 Å². The fraction of sp³-hybridized carbons (Fsp3) is 0.235. The van der Waals surface area contributed by atoms with Crippen molar-refractivity contribution in [3.63, 3.8) is 0 Å². The van der Waals surface area contributed by atoms with E-state index in [4.69, 9.17) is 4.74 Å². The quantitative estimate of drug-likeness (QED) is 0.691. The number of aromatic nitrogens is 3. The summed E-state index contributed by atoms with van der Waals surface area (Å²) in [7, 11) is 0. The van der Waals surface area contributed by atoms with Crippen molar-refractivity contribution in [3.05, 3.63) is 47.0 Å². The minimum absolute atomic E-state index is 0.242. The van der Waals surface area contributed by atoms with Crippen molar-refractivity contribution in [2.75, 3.05) is 6.61 Å². The topological polar surface area (TPSA) is 57.0 Å². The zero-order valence-corrected chi connectivity index (χ0v) is 11.9. The van der Waals surface area contributed by atoms with Gasteiger partial charge in [-0.2, -0.15) is 0 Å². The van der Waals surface area contributed by atoms with Gasteiger partial charge in [0, 0.05) is 24.0 Å². The van der Waals surface area contributed by atoms with Gasteiger partial charge >= 0.3 is 0 Å². The smallest absolute Gasteiger partial charge is 0.163 e. The molecular formula is C17H13N3O2. The highest BCUT2D eigenvalue weighted by Crippen LogP contribution is 2.40. The van der Waals surface area contributed by atoms with Crippen LogP contribution in [-0.4, -0.2) is 27.4 Å². The Labute approximate surface area is 126 Å². The summed E-state index contributed by atoms with van der Waals surface area (Å²) in [6, 6.07) is 9.90. The summed E-state index contributed by atoms with van der Waals surface area (Å²) in [6.07, 6.45) is 2.20. The lowest BCUT2D eigenvalue weighted by molar-refractivity contribution is 0.0994. The number of nitrogens with zero attached hydrogens (tertiary/aromatic N) is 3. The molecule has 2 aromatic carbocycles. The predicted molar refractivity (Wildman–Crippen MR) is 80.7 cm³/mol. The molecule has 0 spiro atoms. The molecule has 0 unspecified atom stereocenters. The zero-order chi connectivity index (χ0) is 14.7. The molecule has 0 amide bonds. The van der Waals surface area contributed by atoms with Crippen LogP contribution in [0.1, 0.15) is 27.9 Å². The number of para-hydroxylation sites is 1. The third kappa shape index (κ3) is 1.45. The van der Waals surface area contributed by atoms with Crippen molar-refractivity contribution in [1.29, 1.82) is 0 Å². The molecule has 0 radical (unpaired) electrons. The number of carbonyl (C=O) groups is 1. The molecule has 2 heterocycles. The summed E-state index contributed by atoms with van der Waals surface area (Å²) in [5, 5.41) is 8.51. The van der Waals surface area contributed by atoms with Crippen LogP contribution < -0.4 is 4.74 Å². The Kier molecular flexibility index (Phi) is 2.25. The minimum Gasteiger partial charge on any atom is -0.491 e. The van der Waals surface area contributed by atoms with Gasteiger partial charge in [-0.15, -0.1) is 5.10 Å². The van der Waals surface area contributed by atoms with Gasteiger partial charge in [0.05, 0.1) is 12.1 Å². The highest BCUT2D eigenvalue weighted by atomic mass is 16.5. The number of hydrogen-bond donors (Lipinski definition) is 0. The Hall–Kier alpha value is -2.69. The number of hydrogen-bond acceptors (Lipinski definition) is 4. The van der Waals surface area contributed by atoms with Crippen LogP contribution in [-0.2, 0) is 12.8 Å². The van der Waals surface area contributed by atoms with Crippen molar-refractivity contribution in [3.8, 4) is 11.4 Å². The van der Waals surface area contributed by atoms with E-state index in [1.54, 1.807) is 0 Å². The van der Waals surface area contributed by atoms with Crippen LogP contribution in [0.5, 0.6) is 5.75 Å². The van der Waals surface area contributed by atoms with Gasteiger partial charge in [0.1, 0.15) is 17.0 Å². The van der Waals surface area contributed by atoms with Crippen LogP contribution >= 0.6 is 0 Å². The first-order chi connectivity index (χ1) is 10.8. The lowest BCUT2D eigenvalue weighted by Crippen LogP contribution is -2.03. The summed E-state index contributed by atoms with van der Waals surface area (Å²) in [5.74, 6) is 1.04. The van der Waals surface area contributed by atoms with Crippen LogP contribution in [0.2, 0.25) is 0 Å². The van der Waals surface area contributed by atoms with E-state index in [1.807, 2.05) is 35.0 Å². The van der Waals surface area contributed by atoms with Gasteiger partial charge in [-0.1, -0.05) is 17.3 Å². The molecule has 1 aliphatic heterocycles. The van der Waals surface area contributed by atoms with Crippen LogP contribution in [0.25, 0.3) is 16.7 Å². The summed E-state index contributed by atoms with van der Waals surface area (Å²) < 4.78 is 7.66. The molecule has 22 heavy (non-hydrogen) atoms. The third-order valence-electron chi connectivity index (χ3n) is 4.52. The molecule has 1 aromatic heterocycles. The van der Waals surface area contributed by atoms with Crippen molar-refractivity contribution in [2.45, 2.75) is 19.3 Å². The van der Waals surface area contributed by atoms with Gasteiger partial charge in [-0.05, 0) is 30.2 Å². The molecule has 0 atom stereocenters. The van der Waals surface area contributed by atoms with Gasteiger partial charge in [0.25, 0.3) is 0 Å². The van der Waals surface area contributed by atoms with Crippen molar-refractivity contribution < 1.29 is 9.53 Å². The molecule has 0 fully saturated rings. The molecule has 0 N–H and O–H groups in total. The number of fused-ring (bicyclic) bond motifs is 4. The maximum atomic E-state index is 12.1. The number of Topliss-reactive ketones (excluding diaryl/α,β-unsaturated/α-hetero) is 1. The van der Waals surface area contributed by atoms with E-state index in [-0.39, 0.29) is 5.78 Å². The lowest BCUT2D eigenvalue weighted by Gasteiger charge is -2.12. The van der Waals surface area contributed by atoms with Gasteiger partial charge < -0.3 is 4.74 Å². The monoisotopic (exact) mass is 291 g/mol. The van der Waals surface area contributed by atoms with Gasteiger partial charge in [-0.25, -0.2) is 4.68 Å². The Morgan fingerprint density at radius 1 is 1.14 bits per heavy atom. The largest absolute Gasteiger partial charge is 0.491 e. The first-order valence-corrected chi connectivity index (χ1v) is 7.48. The van der Waals surface area contributed by atoms with Gasteiger partial charge in [-0.3, -0.25) is 4.79 Å². The van der Waals surface area contributed by atoms with Crippen LogP contribution in [0.15, 0.2) is 30.3 Å². The average molecular weight is 291 g/mol.